The number of nitrogens with zero attached hydrogens (tertiary/aromatic N) is 4. The number of carbonyl (C=O) groups excluding carboxylic acids is 1. The highest BCUT2D eigenvalue weighted by Gasteiger charge is 2.31. The number of hydrogen-bond donors (Lipinski definition) is 1. The molecule has 1 amide bonds. The van der Waals surface area contributed by atoms with Gasteiger partial charge in [0, 0.05) is 25.0 Å². The molecule has 2 heterocycles. The standard InChI is InChI=1S/C21H22F3N5O2S/c1-13(2)14-4-7-16(8-5-14)25-18(30)12-32-20-27-26-17(28(20)3)11-29-10-15(21(22,23)24)6-9-19(29)31/h4-10,13H,11-12H2,1-3H3,(H,25,30). The Balaban J connectivity index is 1.63. The van der Waals surface area contributed by atoms with E-state index in [-0.39, 0.29) is 18.2 Å². The number of halogens is 3. The molecule has 32 heavy (non-hydrogen) atoms. The number of nitrogens with one attached hydrogen (secondary N) is 1. The van der Waals surface area contributed by atoms with E-state index in [0.29, 0.717) is 22.6 Å². The van der Waals surface area contributed by atoms with E-state index < -0.39 is 17.3 Å². The normalized spacial score (nSPS) is 11.7. The number of alkyl halides is 3. The van der Waals surface area contributed by atoms with Gasteiger partial charge < -0.3 is 14.5 Å². The molecular formula is C21H22F3N5O2S. The third-order valence-electron chi connectivity index (χ3n) is 4.74. The molecule has 1 aromatic carbocycles. The number of benzene rings is 1. The highest BCUT2D eigenvalue weighted by atomic mass is 32.2. The van der Waals surface area contributed by atoms with Gasteiger partial charge in [-0.25, -0.2) is 0 Å². The molecule has 0 atom stereocenters. The molecule has 3 rings (SSSR count). The van der Waals surface area contributed by atoms with Crippen molar-refractivity contribution in [2.24, 2.45) is 7.05 Å². The minimum Gasteiger partial charge on any atom is -0.325 e. The first-order valence-corrected chi connectivity index (χ1v) is 10.7. The summed E-state index contributed by atoms with van der Waals surface area (Å²) in [6.07, 6.45) is -3.80. The molecule has 1 N–H and O–H groups in total. The highest BCUT2D eigenvalue weighted by molar-refractivity contribution is 7.99. The van der Waals surface area contributed by atoms with E-state index in [1.807, 2.05) is 24.3 Å². The van der Waals surface area contributed by atoms with Crippen molar-refractivity contribution in [1.82, 2.24) is 19.3 Å². The van der Waals surface area contributed by atoms with Crippen LogP contribution in [-0.4, -0.2) is 31.0 Å². The first-order chi connectivity index (χ1) is 15.0. The van der Waals surface area contributed by atoms with Gasteiger partial charge in [-0.15, -0.1) is 10.2 Å². The van der Waals surface area contributed by atoms with Crippen molar-refractivity contribution in [1.29, 1.82) is 0 Å². The van der Waals surface area contributed by atoms with Crippen molar-refractivity contribution in [2.75, 3.05) is 11.1 Å². The van der Waals surface area contributed by atoms with E-state index in [4.69, 9.17) is 0 Å². The van der Waals surface area contributed by atoms with Crippen LogP contribution in [0.4, 0.5) is 18.9 Å². The molecule has 0 saturated carbocycles. The van der Waals surface area contributed by atoms with Crippen LogP contribution in [0.25, 0.3) is 0 Å². The predicted octanol–water partition coefficient (Wildman–Crippen LogP) is 3.90. The lowest BCUT2D eigenvalue weighted by Crippen LogP contribution is -2.23. The zero-order chi connectivity index (χ0) is 23.5. The van der Waals surface area contributed by atoms with Gasteiger partial charge in [-0.05, 0) is 29.7 Å². The summed E-state index contributed by atoms with van der Waals surface area (Å²) in [6.45, 7) is 3.99. The molecular weight excluding hydrogens is 443 g/mol. The van der Waals surface area contributed by atoms with Crippen LogP contribution in [0.15, 0.2) is 52.5 Å². The Morgan fingerprint density at radius 1 is 1.12 bits per heavy atom. The average Bonchev–Trinajstić information content (AvgIpc) is 3.07. The molecule has 0 aliphatic heterocycles. The van der Waals surface area contributed by atoms with E-state index in [1.165, 1.54) is 5.56 Å². The number of amides is 1. The van der Waals surface area contributed by atoms with Crippen molar-refractivity contribution in [3.63, 3.8) is 0 Å². The number of hydrogen-bond acceptors (Lipinski definition) is 5. The molecule has 0 saturated heterocycles. The van der Waals surface area contributed by atoms with Gasteiger partial charge in [0.15, 0.2) is 11.0 Å². The molecule has 7 nitrogen and oxygen atoms in total. The van der Waals surface area contributed by atoms with Crippen LogP contribution < -0.4 is 10.9 Å². The molecule has 0 unspecified atom stereocenters. The zero-order valence-electron chi connectivity index (χ0n) is 17.7. The maximum atomic E-state index is 12.9. The molecule has 2 aromatic heterocycles. The fraction of sp³-hybridized carbons (Fsp3) is 0.333. The predicted molar refractivity (Wildman–Crippen MR) is 116 cm³/mol. The second kappa shape index (κ2) is 9.60. The number of anilines is 1. The topological polar surface area (TPSA) is 81.8 Å². The first kappa shape index (κ1) is 23.6. The average molecular weight is 466 g/mol. The second-order valence-corrected chi connectivity index (χ2v) is 8.40. The summed E-state index contributed by atoms with van der Waals surface area (Å²) in [5.41, 5.74) is 0.344. The molecule has 0 bridgehead atoms. The number of thioether (sulfide) groups is 1. The van der Waals surface area contributed by atoms with Crippen LogP contribution in [0.1, 0.15) is 36.7 Å². The summed E-state index contributed by atoms with van der Waals surface area (Å²) < 4.78 is 41.2. The second-order valence-electron chi connectivity index (χ2n) is 7.45. The van der Waals surface area contributed by atoms with Gasteiger partial charge in [0.25, 0.3) is 5.56 Å². The maximum Gasteiger partial charge on any atom is 0.417 e. The molecule has 170 valence electrons. The van der Waals surface area contributed by atoms with Crippen LogP contribution in [0.3, 0.4) is 0 Å². The van der Waals surface area contributed by atoms with Crippen LogP contribution in [0, 0.1) is 0 Å². The third kappa shape index (κ3) is 5.78. The Hall–Kier alpha value is -3.08. The SMILES string of the molecule is CC(C)c1ccc(NC(=O)CSc2nnc(Cn3cc(C(F)(F)F)ccc3=O)n2C)cc1. The van der Waals surface area contributed by atoms with Crippen LogP contribution in [0.2, 0.25) is 0 Å². The van der Waals surface area contributed by atoms with Crippen molar-refractivity contribution in [3.05, 3.63) is 69.9 Å². The van der Waals surface area contributed by atoms with Crippen LogP contribution in [0.5, 0.6) is 0 Å². The maximum absolute atomic E-state index is 12.9. The summed E-state index contributed by atoms with van der Waals surface area (Å²) in [7, 11) is 1.62. The highest BCUT2D eigenvalue weighted by Crippen LogP contribution is 2.28. The van der Waals surface area contributed by atoms with Gasteiger partial charge >= 0.3 is 6.18 Å². The zero-order valence-corrected chi connectivity index (χ0v) is 18.5. The van der Waals surface area contributed by atoms with E-state index in [0.717, 1.165) is 34.7 Å². The molecule has 0 spiro atoms. The summed E-state index contributed by atoms with van der Waals surface area (Å²) in [4.78, 5) is 24.2. The van der Waals surface area contributed by atoms with Crippen LogP contribution in [-0.2, 0) is 24.6 Å². The minimum absolute atomic E-state index is 0.0708. The number of pyridine rings is 1. The Labute approximate surface area is 186 Å². The van der Waals surface area contributed by atoms with Gasteiger partial charge in [-0.2, -0.15) is 13.2 Å². The largest absolute Gasteiger partial charge is 0.417 e. The molecule has 0 radical (unpaired) electrons. The molecule has 11 heteroatoms. The van der Waals surface area contributed by atoms with Gasteiger partial charge in [0.05, 0.1) is 17.9 Å². The van der Waals surface area contributed by atoms with E-state index >= 15 is 0 Å². The van der Waals surface area contributed by atoms with Gasteiger partial charge in [0.2, 0.25) is 5.91 Å². The number of carbonyl (C=O) groups is 1. The fourth-order valence-electron chi connectivity index (χ4n) is 2.86. The van der Waals surface area contributed by atoms with Crippen molar-refractivity contribution >= 4 is 23.4 Å². The minimum atomic E-state index is -4.56. The molecule has 0 aliphatic carbocycles. The lowest BCUT2D eigenvalue weighted by Gasteiger charge is -2.10. The first-order valence-electron chi connectivity index (χ1n) is 9.73. The monoisotopic (exact) mass is 465 g/mol. The lowest BCUT2D eigenvalue weighted by molar-refractivity contribution is -0.138. The number of rotatable bonds is 7. The lowest BCUT2D eigenvalue weighted by atomic mass is 10.0. The molecule has 0 fully saturated rings. The van der Waals surface area contributed by atoms with Crippen molar-refractivity contribution < 1.29 is 18.0 Å². The van der Waals surface area contributed by atoms with E-state index in [9.17, 15) is 22.8 Å². The Morgan fingerprint density at radius 2 is 1.81 bits per heavy atom. The van der Waals surface area contributed by atoms with Gasteiger partial charge in [-0.3, -0.25) is 9.59 Å². The molecule has 3 aromatic rings. The van der Waals surface area contributed by atoms with Crippen LogP contribution >= 0.6 is 11.8 Å². The summed E-state index contributed by atoms with van der Waals surface area (Å²) >= 11 is 1.14. The summed E-state index contributed by atoms with van der Waals surface area (Å²) in [6, 6.07) is 9.20. The summed E-state index contributed by atoms with van der Waals surface area (Å²) in [5.74, 6) is 0.526. The smallest absolute Gasteiger partial charge is 0.325 e. The fourth-order valence-corrected chi connectivity index (χ4v) is 3.59. The Morgan fingerprint density at radius 3 is 2.44 bits per heavy atom. The summed E-state index contributed by atoms with van der Waals surface area (Å²) in [5, 5.41) is 11.1. The molecule has 0 aliphatic rings. The van der Waals surface area contributed by atoms with Crippen molar-refractivity contribution in [3.8, 4) is 0 Å². The van der Waals surface area contributed by atoms with E-state index in [1.54, 1.807) is 11.6 Å². The van der Waals surface area contributed by atoms with Gasteiger partial charge in [0.1, 0.15) is 0 Å². The number of aromatic nitrogens is 4. The van der Waals surface area contributed by atoms with E-state index in [2.05, 4.69) is 29.4 Å². The quantitative estimate of drug-likeness (QED) is 0.536. The van der Waals surface area contributed by atoms with Gasteiger partial charge in [-0.1, -0.05) is 37.7 Å². The Kier molecular flexibility index (Phi) is 7.07. The van der Waals surface area contributed by atoms with Crippen molar-refractivity contribution in [2.45, 2.75) is 37.6 Å². The Bertz CT molecular complexity index is 1150. The third-order valence-corrected chi connectivity index (χ3v) is 5.76.